The number of carbonyl (C=O) groups is 4. The monoisotopic (exact) mass is 570 g/mol. The lowest BCUT2D eigenvalue weighted by molar-refractivity contribution is -0.143. The van der Waals surface area contributed by atoms with Crippen molar-refractivity contribution in [3.05, 3.63) is 77.9 Å². The van der Waals surface area contributed by atoms with Gasteiger partial charge in [0.1, 0.15) is 17.7 Å². The first-order valence-corrected chi connectivity index (χ1v) is 13.8. The van der Waals surface area contributed by atoms with E-state index in [1.165, 1.54) is 4.90 Å². The quantitative estimate of drug-likeness (QED) is 0.299. The van der Waals surface area contributed by atoms with Gasteiger partial charge in [0.25, 0.3) is 5.91 Å². The largest absolute Gasteiger partial charge is 0.444 e. The van der Waals surface area contributed by atoms with Crippen LogP contribution in [0.2, 0.25) is 0 Å². The Hall–Kier alpha value is -4.84. The Bertz CT molecular complexity index is 1480. The number of hydrogen-bond acceptors (Lipinski definition) is 5. The Labute approximate surface area is 246 Å². The van der Waals surface area contributed by atoms with Gasteiger partial charge >= 0.3 is 6.09 Å². The van der Waals surface area contributed by atoms with Crippen LogP contribution < -0.4 is 16.4 Å². The van der Waals surface area contributed by atoms with Gasteiger partial charge in [0, 0.05) is 23.7 Å². The molecule has 0 heterocycles. The summed E-state index contributed by atoms with van der Waals surface area (Å²) in [6.45, 7) is 8.62. The predicted octanol–water partition coefficient (Wildman–Crippen LogP) is 4.90. The normalized spacial score (nSPS) is 12.6. The van der Waals surface area contributed by atoms with Crippen LogP contribution in [-0.4, -0.2) is 46.4 Å². The maximum Gasteiger partial charge on any atom is 0.408 e. The summed E-state index contributed by atoms with van der Waals surface area (Å²) < 4.78 is 5.36. The first kappa shape index (κ1) is 31.7. The number of terminal acetylenes is 1. The van der Waals surface area contributed by atoms with Crippen molar-refractivity contribution in [2.24, 2.45) is 5.73 Å². The van der Waals surface area contributed by atoms with Crippen LogP contribution in [0.4, 0.5) is 10.5 Å². The van der Waals surface area contributed by atoms with Crippen LogP contribution in [0.15, 0.2) is 66.7 Å². The van der Waals surface area contributed by atoms with Gasteiger partial charge in [0.15, 0.2) is 0 Å². The fourth-order valence-electron chi connectivity index (χ4n) is 4.53. The standard InChI is InChI=1S/C33H38N4O5/c1-7-22-12-14-24(15-13-22)29(30(39)35-26-17-16-23-10-8-9-11-25(23)20-26)37(21(2)3)31(40)27(18-19-28(34)38)36-32(41)42-33(4,5)6/h1,8-17,20-21,27,29H,18-19H2,2-6H3,(H2,34,38)(H,35,39)(H,36,41). The van der Waals surface area contributed by atoms with Gasteiger partial charge in [-0.3, -0.25) is 14.4 Å². The van der Waals surface area contributed by atoms with Gasteiger partial charge in [0.2, 0.25) is 11.8 Å². The molecule has 0 saturated carbocycles. The Morgan fingerprint density at radius 1 is 0.976 bits per heavy atom. The summed E-state index contributed by atoms with van der Waals surface area (Å²) in [5.74, 6) is 0.881. The van der Waals surface area contributed by atoms with Gasteiger partial charge in [-0.25, -0.2) is 4.79 Å². The van der Waals surface area contributed by atoms with E-state index in [4.69, 9.17) is 16.9 Å². The van der Waals surface area contributed by atoms with Crippen molar-refractivity contribution in [2.45, 2.75) is 71.2 Å². The number of rotatable bonds is 10. The molecule has 0 fully saturated rings. The molecular formula is C33H38N4O5. The zero-order valence-electron chi connectivity index (χ0n) is 24.6. The van der Waals surface area contributed by atoms with Gasteiger partial charge in [-0.15, -0.1) is 6.42 Å². The van der Waals surface area contributed by atoms with E-state index in [1.807, 2.05) is 36.4 Å². The molecule has 9 heteroatoms. The van der Waals surface area contributed by atoms with Crippen LogP contribution in [-0.2, 0) is 19.1 Å². The minimum Gasteiger partial charge on any atom is -0.444 e. The van der Waals surface area contributed by atoms with E-state index in [0.717, 1.165) is 10.8 Å². The van der Waals surface area contributed by atoms with Crippen molar-refractivity contribution >= 4 is 40.3 Å². The first-order valence-electron chi connectivity index (χ1n) is 13.8. The Kier molecular flexibility index (Phi) is 10.3. The highest BCUT2D eigenvalue weighted by molar-refractivity contribution is 6.00. The third-order valence-corrected chi connectivity index (χ3v) is 6.42. The molecule has 3 rings (SSSR count). The average molecular weight is 571 g/mol. The van der Waals surface area contributed by atoms with E-state index in [2.05, 4.69) is 16.6 Å². The number of nitrogens with two attached hydrogens (primary N) is 1. The molecule has 0 bridgehead atoms. The van der Waals surface area contributed by atoms with Crippen LogP contribution in [0.3, 0.4) is 0 Å². The maximum atomic E-state index is 14.2. The molecule has 0 aliphatic rings. The molecule has 0 aromatic heterocycles. The second-order valence-electron chi connectivity index (χ2n) is 11.3. The third-order valence-electron chi connectivity index (χ3n) is 6.42. The lowest BCUT2D eigenvalue weighted by Gasteiger charge is -2.37. The highest BCUT2D eigenvalue weighted by atomic mass is 16.6. The minimum absolute atomic E-state index is 0.0777. The molecule has 4 amide bonds. The average Bonchev–Trinajstić information content (AvgIpc) is 2.92. The number of primary amides is 1. The molecule has 0 radical (unpaired) electrons. The highest BCUT2D eigenvalue weighted by Crippen LogP contribution is 2.28. The first-order chi connectivity index (χ1) is 19.8. The summed E-state index contributed by atoms with van der Waals surface area (Å²) in [7, 11) is 0. The number of ether oxygens (including phenoxy) is 1. The molecule has 3 aromatic carbocycles. The highest BCUT2D eigenvalue weighted by Gasteiger charge is 2.38. The van der Waals surface area contributed by atoms with Crippen molar-refractivity contribution < 1.29 is 23.9 Å². The molecule has 42 heavy (non-hydrogen) atoms. The van der Waals surface area contributed by atoms with Crippen LogP contribution in [0.1, 0.15) is 64.6 Å². The number of benzene rings is 3. The Balaban J connectivity index is 2.03. The number of amides is 4. The van der Waals surface area contributed by atoms with Crippen molar-refractivity contribution in [1.29, 1.82) is 0 Å². The molecular weight excluding hydrogens is 532 g/mol. The van der Waals surface area contributed by atoms with E-state index < -0.39 is 47.5 Å². The molecule has 2 atom stereocenters. The fraction of sp³-hybridized carbons (Fsp3) is 0.333. The summed E-state index contributed by atoms with van der Waals surface area (Å²) >= 11 is 0. The van der Waals surface area contributed by atoms with Gasteiger partial charge in [0.05, 0.1) is 0 Å². The number of hydrogen-bond donors (Lipinski definition) is 3. The van der Waals surface area contributed by atoms with E-state index in [-0.39, 0.29) is 12.8 Å². The zero-order chi connectivity index (χ0) is 31.0. The van der Waals surface area contributed by atoms with Crippen molar-refractivity contribution in [1.82, 2.24) is 10.2 Å². The lowest BCUT2D eigenvalue weighted by Crippen LogP contribution is -2.54. The number of alkyl carbamates (subject to hydrolysis) is 1. The smallest absolute Gasteiger partial charge is 0.408 e. The number of nitrogens with one attached hydrogen (secondary N) is 2. The number of fused-ring (bicyclic) bond motifs is 1. The van der Waals surface area contributed by atoms with Crippen LogP contribution in [0.5, 0.6) is 0 Å². The Morgan fingerprint density at radius 2 is 1.62 bits per heavy atom. The molecule has 3 aromatic rings. The number of carbonyl (C=O) groups excluding carboxylic acids is 4. The van der Waals surface area contributed by atoms with Gasteiger partial charge in [-0.1, -0.05) is 48.4 Å². The molecule has 0 aliphatic heterocycles. The molecule has 2 unspecified atom stereocenters. The molecule has 9 nitrogen and oxygen atoms in total. The Morgan fingerprint density at radius 3 is 2.19 bits per heavy atom. The summed E-state index contributed by atoms with van der Waals surface area (Å²) in [5.41, 5.74) is 6.23. The molecule has 0 spiro atoms. The van der Waals surface area contributed by atoms with Crippen LogP contribution in [0, 0.1) is 12.3 Å². The summed E-state index contributed by atoms with van der Waals surface area (Å²) in [6.07, 6.45) is 4.47. The van der Waals surface area contributed by atoms with E-state index in [1.54, 1.807) is 65.0 Å². The molecule has 4 N–H and O–H groups in total. The third kappa shape index (κ3) is 8.58. The maximum absolute atomic E-state index is 14.2. The SMILES string of the molecule is C#Cc1ccc(C(C(=O)Nc2ccc3ccccc3c2)N(C(=O)C(CCC(N)=O)NC(=O)OC(C)(C)C)C(C)C)cc1. The molecule has 0 saturated heterocycles. The predicted molar refractivity (Wildman–Crippen MR) is 163 cm³/mol. The van der Waals surface area contributed by atoms with E-state index >= 15 is 0 Å². The summed E-state index contributed by atoms with van der Waals surface area (Å²) in [6, 6.07) is 17.3. The number of nitrogens with zero attached hydrogens (tertiary/aromatic N) is 1. The number of anilines is 1. The second kappa shape index (κ2) is 13.7. The summed E-state index contributed by atoms with van der Waals surface area (Å²) in [5, 5.41) is 7.49. The topological polar surface area (TPSA) is 131 Å². The van der Waals surface area contributed by atoms with Crippen molar-refractivity contribution in [3.8, 4) is 12.3 Å². The van der Waals surface area contributed by atoms with Gasteiger partial charge < -0.3 is 26.0 Å². The fourth-order valence-corrected chi connectivity index (χ4v) is 4.53. The molecule has 0 aliphatic carbocycles. The molecule has 220 valence electrons. The van der Waals surface area contributed by atoms with Crippen LogP contribution in [0.25, 0.3) is 10.8 Å². The van der Waals surface area contributed by atoms with E-state index in [9.17, 15) is 19.2 Å². The zero-order valence-corrected chi connectivity index (χ0v) is 24.6. The minimum atomic E-state index is -1.18. The van der Waals surface area contributed by atoms with Crippen molar-refractivity contribution in [2.75, 3.05) is 5.32 Å². The lowest BCUT2D eigenvalue weighted by atomic mass is 9.98. The summed E-state index contributed by atoms with van der Waals surface area (Å²) in [4.78, 5) is 53.9. The second-order valence-corrected chi connectivity index (χ2v) is 11.3. The van der Waals surface area contributed by atoms with Crippen molar-refractivity contribution in [3.63, 3.8) is 0 Å². The van der Waals surface area contributed by atoms with Gasteiger partial charge in [-0.05, 0) is 81.6 Å². The van der Waals surface area contributed by atoms with Gasteiger partial charge in [-0.2, -0.15) is 0 Å². The van der Waals surface area contributed by atoms with Crippen LogP contribution >= 0.6 is 0 Å². The van der Waals surface area contributed by atoms with E-state index in [0.29, 0.717) is 16.8 Å².